The molecule has 0 radical (unpaired) electrons. The number of carbonyl (C=O) groups excluding carboxylic acids is 1. The molecule has 0 aromatic heterocycles. The van der Waals surface area contributed by atoms with Gasteiger partial charge in [-0.1, -0.05) is 11.6 Å². The molecule has 0 spiro atoms. The van der Waals surface area contributed by atoms with Gasteiger partial charge in [-0.15, -0.1) is 11.6 Å². The molecule has 0 aliphatic rings. The Kier molecular flexibility index (Phi) is 3.78. The summed E-state index contributed by atoms with van der Waals surface area (Å²) >= 11 is 11.4. The van der Waals surface area contributed by atoms with Crippen LogP contribution in [0, 0.1) is 6.92 Å². The molecule has 4 heteroatoms. The number of benzene rings is 1. The smallest absolute Gasteiger partial charge is 0.177 e. The third-order valence-electron chi connectivity index (χ3n) is 1.99. The van der Waals surface area contributed by atoms with Gasteiger partial charge in [-0.2, -0.15) is 0 Å². The predicted molar refractivity (Wildman–Crippen MR) is 57.8 cm³/mol. The lowest BCUT2D eigenvalue weighted by Gasteiger charge is -2.08. The van der Waals surface area contributed by atoms with Crippen molar-refractivity contribution < 1.29 is 9.53 Å². The van der Waals surface area contributed by atoms with Crippen molar-refractivity contribution in [2.45, 2.75) is 6.92 Å². The summed E-state index contributed by atoms with van der Waals surface area (Å²) in [6, 6.07) is 3.33. The maximum Gasteiger partial charge on any atom is 0.177 e. The van der Waals surface area contributed by atoms with E-state index in [1.54, 1.807) is 19.1 Å². The van der Waals surface area contributed by atoms with E-state index in [1.807, 2.05) is 0 Å². The molecular weight excluding hydrogens is 223 g/mol. The average Bonchev–Trinajstić information content (AvgIpc) is 2.21. The number of alkyl halides is 1. The summed E-state index contributed by atoms with van der Waals surface area (Å²) < 4.78 is 5.02. The molecule has 0 N–H and O–H groups in total. The Hall–Kier alpha value is -0.730. The number of Topliss-reactive ketones (excluding diaryl/α,β-unsaturated/α-hetero) is 1. The van der Waals surface area contributed by atoms with Gasteiger partial charge in [-0.3, -0.25) is 4.79 Å². The van der Waals surface area contributed by atoms with E-state index in [4.69, 9.17) is 27.9 Å². The zero-order valence-corrected chi connectivity index (χ0v) is 9.45. The Morgan fingerprint density at radius 3 is 2.64 bits per heavy atom. The lowest BCUT2D eigenvalue weighted by molar-refractivity contribution is 0.102. The normalized spacial score (nSPS) is 10.0. The van der Waals surface area contributed by atoms with E-state index in [0.29, 0.717) is 21.9 Å². The van der Waals surface area contributed by atoms with E-state index in [1.165, 1.54) is 7.11 Å². The SMILES string of the molecule is COc1ccc(C(=O)CCl)c(C)c1Cl. The maximum absolute atomic E-state index is 11.4. The summed E-state index contributed by atoms with van der Waals surface area (Å²) in [4.78, 5) is 11.4. The topological polar surface area (TPSA) is 26.3 Å². The first-order valence-corrected chi connectivity index (χ1v) is 4.95. The van der Waals surface area contributed by atoms with Crippen molar-refractivity contribution in [1.29, 1.82) is 0 Å². The number of carbonyl (C=O) groups is 1. The lowest BCUT2D eigenvalue weighted by Crippen LogP contribution is -2.03. The van der Waals surface area contributed by atoms with Crippen molar-refractivity contribution in [3.63, 3.8) is 0 Å². The molecule has 0 amide bonds. The van der Waals surface area contributed by atoms with Gasteiger partial charge in [0.1, 0.15) is 5.75 Å². The number of hydrogen-bond acceptors (Lipinski definition) is 2. The first kappa shape index (κ1) is 11.3. The Morgan fingerprint density at radius 2 is 2.14 bits per heavy atom. The molecule has 1 aromatic rings. The van der Waals surface area contributed by atoms with E-state index < -0.39 is 0 Å². The number of rotatable bonds is 3. The van der Waals surface area contributed by atoms with Gasteiger partial charge < -0.3 is 4.74 Å². The van der Waals surface area contributed by atoms with Crippen LogP contribution >= 0.6 is 23.2 Å². The number of halogens is 2. The number of ketones is 1. The van der Waals surface area contributed by atoms with E-state index >= 15 is 0 Å². The number of methoxy groups -OCH3 is 1. The van der Waals surface area contributed by atoms with Gasteiger partial charge in [-0.05, 0) is 24.6 Å². The van der Waals surface area contributed by atoms with Crippen LogP contribution in [0.1, 0.15) is 15.9 Å². The Bertz CT molecular complexity index is 361. The van der Waals surface area contributed by atoms with Crippen molar-refractivity contribution in [2.75, 3.05) is 13.0 Å². The van der Waals surface area contributed by atoms with Crippen molar-refractivity contribution in [3.8, 4) is 5.75 Å². The van der Waals surface area contributed by atoms with Crippen LogP contribution < -0.4 is 4.74 Å². The van der Waals surface area contributed by atoms with Gasteiger partial charge in [0, 0.05) is 5.56 Å². The summed E-state index contributed by atoms with van der Waals surface area (Å²) in [7, 11) is 1.53. The molecule has 0 saturated carbocycles. The third kappa shape index (κ3) is 2.02. The lowest BCUT2D eigenvalue weighted by atomic mass is 10.1. The fraction of sp³-hybridized carbons (Fsp3) is 0.300. The minimum Gasteiger partial charge on any atom is -0.495 e. The second-order valence-electron chi connectivity index (χ2n) is 2.81. The highest BCUT2D eigenvalue weighted by Crippen LogP contribution is 2.30. The van der Waals surface area contributed by atoms with Crippen LogP contribution in [-0.4, -0.2) is 18.8 Å². The van der Waals surface area contributed by atoms with Gasteiger partial charge in [-0.25, -0.2) is 0 Å². The maximum atomic E-state index is 11.4. The molecule has 0 aliphatic carbocycles. The molecule has 0 fully saturated rings. The van der Waals surface area contributed by atoms with Crippen LogP contribution in [0.25, 0.3) is 0 Å². The zero-order valence-electron chi connectivity index (χ0n) is 7.93. The summed E-state index contributed by atoms with van der Waals surface area (Å²) in [5, 5.41) is 0.462. The Morgan fingerprint density at radius 1 is 1.50 bits per heavy atom. The van der Waals surface area contributed by atoms with Crippen LogP contribution in [0.3, 0.4) is 0 Å². The summed E-state index contributed by atoms with van der Waals surface area (Å²) in [5.74, 6) is 0.396. The van der Waals surface area contributed by atoms with Gasteiger partial charge in [0.2, 0.25) is 0 Å². The molecule has 0 heterocycles. The number of hydrogen-bond donors (Lipinski definition) is 0. The monoisotopic (exact) mass is 232 g/mol. The molecule has 0 saturated heterocycles. The molecular formula is C10H10Cl2O2. The highest BCUT2D eigenvalue weighted by Gasteiger charge is 2.13. The number of ether oxygens (including phenoxy) is 1. The predicted octanol–water partition coefficient (Wildman–Crippen LogP) is 3.08. The van der Waals surface area contributed by atoms with Crippen LogP contribution in [0.2, 0.25) is 5.02 Å². The van der Waals surface area contributed by atoms with Crippen molar-refractivity contribution >= 4 is 29.0 Å². The first-order chi connectivity index (χ1) is 6.61. The minimum atomic E-state index is -0.131. The highest BCUT2D eigenvalue weighted by molar-refractivity contribution is 6.34. The molecule has 0 bridgehead atoms. The molecule has 0 aliphatic heterocycles. The summed E-state index contributed by atoms with van der Waals surface area (Å²) in [6.07, 6.45) is 0. The van der Waals surface area contributed by atoms with E-state index in [2.05, 4.69) is 0 Å². The van der Waals surface area contributed by atoms with E-state index in [9.17, 15) is 4.79 Å². The fourth-order valence-electron chi connectivity index (χ4n) is 1.19. The fourth-order valence-corrected chi connectivity index (χ4v) is 1.58. The molecule has 2 nitrogen and oxygen atoms in total. The highest BCUT2D eigenvalue weighted by atomic mass is 35.5. The van der Waals surface area contributed by atoms with Crippen molar-refractivity contribution in [2.24, 2.45) is 0 Å². The second-order valence-corrected chi connectivity index (χ2v) is 3.46. The van der Waals surface area contributed by atoms with Crippen molar-refractivity contribution in [1.82, 2.24) is 0 Å². The van der Waals surface area contributed by atoms with Gasteiger partial charge >= 0.3 is 0 Å². The third-order valence-corrected chi connectivity index (χ3v) is 2.71. The van der Waals surface area contributed by atoms with Gasteiger partial charge in [0.25, 0.3) is 0 Å². The Balaban J connectivity index is 3.24. The van der Waals surface area contributed by atoms with Gasteiger partial charge in [0.05, 0.1) is 18.0 Å². The quantitative estimate of drug-likeness (QED) is 0.592. The largest absolute Gasteiger partial charge is 0.495 e. The van der Waals surface area contributed by atoms with Crippen LogP contribution in [-0.2, 0) is 0 Å². The second kappa shape index (κ2) is 4.67. The Labute approximate surface area is 92.8 Å². The standard InChI is InChI=1S/C10H10Cl2O2/c1-6-7(8(13)5-11)3-4-9(14-2)10(6)12/h3-4H,5H2,1-2H3. The van der Waals surface area contributed by atoms with Crippen molar-refractivity contribution in [3.05, 3.63) is 28.3 Å². The first-order valence-electron chi connectivity index (χ1n) is 4.04. The molecule has 1 rings (SSSR count). The molecule has 0 atom stereocenters. The van der Waals surface area contributed by atoms with E-state index in [-0.39, 0.29) is 11.7 Å². The van der Waals surface area contributed by atoms with Crippen LogP contribution in [0.5, 0.6) is 5.75 Å². The molecule has 1 aromatic carbocycles. The van der Waals surface area contributed by atoms with E-state index in [0.717, 1.165) is 0 Å². The van der Waals surface area contributed by atoms with Gasteiger partial charge in [0.15, 0.2) is 5.78 Å². The van der Waals surface area contributed by atoms with Crippen LogP contribution in [0.15, 0.2) is 12.1 Å². The van der Waals surface area contributed by atoms with Crippen LogP contribution in [0.4, 0.5) is 0 Å². The average molecular weight is 233 g/mol. The summed E-state index contributed by atoms with van der Waals surface area (Å²) in [6.45, 7) is 1.77. The molecule has 14 heavy (non-hydrogen) atoms. The molecule has 76 valence electrons. The molecule has 0 unspecified atom stereocenters. The minimum absolute atomic E-state index is 0.0382. The summed E-state index contributed by atoms with van der Waals surface area (Å²) in [5.41, 5.74) is 1.25. The zero-order chi connectivity index (χ0) is 10.7.